The molecule has 21 heavy (non-hydrogen) atoms. The predicted molar refractivity (Wildman–Crippen MR) is 86.1 cm³/mol. The highest BCUT2D eigenvalue weighted by Crippen LogP contribution is 2.23. The van der Waals surface area contributed by atoms with Gasteiger partial charge in [-0.1, -0.05) is 23.7 Å². The summed E-state index contributed by atoms with van der Waals surface area (Å²) in [5, 5.41) is 4.05. The van der Waals surface area contributed by atoms with Gasteiger partial charge in [0.1, 0.15) is 5.75 Å². The van der Waals surface area contributed by atoms with E-state index in [1.54, 1.807) is 7.11 Å². The molecule has 0 bridgehead atoms. The summed E-state index contributed by atoms with van der Waals surface area (Å²) in [6.07, 6.45) is 0. The van der Waals surface area contributed by atoms with Crippen LogP contribution >= 0.6 is 11.6 Å². The minimum atomic E-state index is 0.131. The maximum Gasteiger partial charge on any atom is 0.201 e. The number of aromatic nitrogens is 2. The van der Waals surface area contributed by atoms with E-state index >= 15 is 0 Å². The van der Waals surface area contributed by atoms with E-state index < -0.39 is 0 Å². The van der Waals surface area contributed by atoms with Gasteiger partial charge in [0.2, 0.25) is 5.95 Å². The van der Waals surface area contributed by atoms with E-state index in [4.69, 9.17) is 16.3 Å². The van der Waals surface area contributed by atoms with Gasteiger partial charge in [-0.05, 0) is 42.8 Å². The summed E-state index contributed by atoms with van der Waals surface area (Å²) in [6, 6.07) is 13.7. The van der Waals surface area contributed by atoms with E-state index in [0.717, 1.165) is 28.3 Å². The first-order chi connectivity index (χ1) is 10.2. The molecule has 0 spiro atoms. The van der Waals surface area contributed by atoms with E-state index in [9.17, 15) is 0 Å². The molecule has 0 fully saturated rings. The number of aromatic amines is 1. The zero-order valence-corrected chi connectivity index (χ0v) is 12.6. The Labute approximate surface area is 128 Å². The highest BCUT2D eigenvalue weighted by molar-refractivity contribution is 6.31. The van der Waals surface area contributed by atoms with Gasteiger partial charge in [0.15, 0.2) is 0 Å². The minimum absolute atomic E-state index is 0.131. The number of hydrogen-bond acceptors (Lipinski definition) is 3. The first-order valence-corrected chi connectivity index (χ1v) is 7.09. The normalized spacial score (nSPS) is 12.3. The molecule has 0 amide bonds. The molecule has 1 heterocycles. The van der Waals surface area contributed by atoms with Crippen LogP contribution in [0.2, 0.25) is 5.02 Å². The van der Waals surface area contributed by atoms with Crippen molar-refractivity contribution in [2.75, 3.05) is 12.4 Å². The fraction of sp³-hybridized carbons (Fsp3) is 0.188. The van der Waals surface area contributed by atoms with Gasteiger partial charge >= 0.3 is 0 Å². The van der Waals surface area contributed by atoms with Gasteiger partial charge in [-0.15, -0.1) is 0 Å². The Balaban J connectivity index is 1.79. The molecule has 0 radical (unpaired) electrons. The summed E-state index contributed by atoms with van der Waals surface area (Å²) in [5.41, 5.74) is 2.98. The molecule has 1 aromatic heterocycles. The maximum absolute atomic E-state index is 5.98. The Kier molecular flexibility index (Phi) is 3.71. The van der Waals surface area contributed by atoms with E-state index in [1.807, 2.05) is 42.5 Å². The number of halogens is 1. The topological polar surface area (TPSA) is 49.9 Å². The molecule has 1 atom stereocenters. The summed E-state index contributed by atoms with van der Waals surface area (Å²) in [7, 11) is 1.66. The quantitative estimate of drug-likeness (QED) is 0.751. The molecule has 0 aliphatic heterocycles. The average molecular weight is 302 g/mol. The summed E-state index contributed by atoms with van der Waals surface area (Å²) in [5.74, 6) is 1.58. The monoisotopic (exact) mass is 301 g/mol. The molecule has 0 saturated carbocycles. The zero-order valence-electron chi connectivity index (χ0n) is 11.9. The van der Waals surface area contributed by atoms with Crippen LogP contribution in [0.4, 0.5) is 5.95 Å². The molecule has 3 aromatic rings. The van der Waals surface area contributed by atoms with Gasteiger partial charge in [0, 0.05) is 5.02 Å². The fourth-order valence-corrected chi connectivity index (χ4v) is 2.40. The number of nitrogens with one attached hydrogen (secondary N) is 2. The van der Waals surface area contributed by atoms with Crippen molar-refractivity contribution in [1.82, 2.24) is 9.97 Å². The van der Waals surface area contributed by atoms with Crippen LogP contribution in [-0.2, 0) is 0 Å². The van der Waals surface area contributed by atoms with Crippen LogP contribution in [0.5, 0.6) is 5.75 Å². The number of imidazole rings is 1. The van der Waals surface area contributed by atoms with Gasteiger partial charge in [0.25, 0.3) is 0 Å². The van der Waals surface area contributed by atoms with Crippen molar-refractivity contribution < 1.29 is 4.74 Å². The van der Waals surface area contributed by atoms with Crippen LogP contribution < -0.4 is 10.1 Å². The lowest BCUT2D eigenvalue weighted by molar-refractivity contribution is 0.414. The molecule has 5 heteroatoms. The number of anilines is 1. The van der Waals surface area contributed by atoms with Gasteiger partial charge in [-0.2, -0.15) is 0 Å². The first kappa shape index (κ1) is 13.8. The van der Waals surface area contributed by atoms with Gasteiger partial charge < -0.3 is 15.0 Å². The highest BCUT2D eigenvalue weighted by Gasteiger charge is 2.09. The lowest BCUT2D eigenvalue weighted by Crippen LogP contribution is -2.07. The Morgan fingerprint density at radius 3 is 2.67 bits per heavy atom. The largest absolute Gasteiger partial charge is 0.497 e. The number of ether oxygens (including phenoxy) is 1. The smallest absolute Gasteiger partial charge is 0.201 e. The second-order valence-corrected chi connectivity index (χ2v) is 5.32. The van der Waals surface area contributed by atoms with Crippen molar-refractivity contribution in [3.05, 3.63) is 53.1 Å². The van der Waals surface area contributed by atoms with Crippen molar-refractivity contribution in [2.24, 2.45) is 0 Å². The Morgan fingerprint density at radius 2 is 1.95 bits per heavy atom. The number of fused-ring (bicyclic) bond motifs is 1. The number of nitrogens with zero attached hydrogens (tertiary/aromatic N) is 1. The zero-order chi connectivity index (χ0) is 14.8. The van der Waals surface area contributed by atoms with Crippen molar-refractivity contribution in [2.45, 2.75) is 13.0 Å². The third-order valence-corrected chi connectivity index (χ3v) is 3.65. The molecular weight excluding hydrogens is 286 g/mol. The van der Waals surface area contributed by atoms with Gasteiger partial charge in [-0.3, -0.25) is 0 Å². The highest BCUT2D eigenvalue weighted by atomic mass is 35.5. The molecular formula is C16H16ClN3O. The van der Waals surface area contributed by atoms with Gasteiger partial charge in [-0.25, -0.2) is 4.98 Å². The third kappa shape index (κ3) is 2.95. The van der Waals surface area contributed by atoms with Crippen LogP contribution in [0, 0.1) is 0 Å². The molecule has 108 valence electrons. The Bertz CT molecular complexity index is 752. The SMILES string of the molecule is COc1ccc(C(C)Nc2nc3ccc(Cl)cc3[nH]2)cc1. The van der Waals surface area contributed by atoms with E-state index in [-0.39, 0.29) is 6.04 Å². The average Bonchev–Trinajstić information content (AvgIpc) is 2.88. The molecule has 4 nitrogen and oxygen atoms in total. The van der Waals surface area contributed by atoms with E-state index in [0.29, 0.717) is 5.02 Å². The molecule has 1 unspecified atom stereocenters. The van der Waals surface area contributed by atoms with E-state index in [2.05, 4.69) is 22.2 Å². The van der Waals surface area contributed by atoms with Crippen molar-refractivity contribution in [1.29, 1.82) is 0 Å². The van der Waals surface area contributed by atoms with E-state index in [1.165, 1.54) is 0 Å². The molecule has 2 aromatic carbocycles. The lowest BCUT2D eigenvalue weighted by Gasteiger charge is -2.13. The van der Waals surface area contributed by atoms with Crippen LogP contribution in [0.1, 0.15) is 18.5 Å². The number of hydrogen-bond donors (Lipinski definition) is 2. The van der Waals surface area contributed by atoms with Crippen LogP contribution in [0.25, 0.3) is 11.0 Å². The minimum Gasteiger partial charge on any atom is -0.497 e. The van der Waals surface area contributed by atoms with Crippen molar-refractivity contribution in [3.63, 3.8) is 0 Å². The summed E-state index contributed by atoms with van der Waals surface area (Å²) in [4.78, 5) is 7.73. The maximum atomic E-state index is 5.98. The molecule has 0 aliphatic carbocycles. The number of benzene rings is 2. The summed E-state index contributed by atoms with van der Waals surface area (Å²) >= 11 is 5.98. The Hall–Kier alpha value is -2.20. The molecule has 0 saturated heterocycles. The standard InChI is InChI=1S/C16H16ClN3O/c1-10(11-3-6-13(21-2)7-4-11)18-16-19-14-8-5-12(17)9-15(14)20-16/h3-10H,1-2H3,(H2,18,19,20). The number of methoxy groups -OCH3 is 1. The van der Waals surface area contributed by atoms with Crippen LogP contribution in [0.3, 0.4) is 0 Å². The molecule has 0 aliphatic rings. The first-order valence-electron chi connectivity index (χ1n) is 6.71. The van der Waals surface area contributed by atoms with Gasteiger partial charge in [0.05, 0.1) is 24.2 Å². The Morgan fingerprint density at radius 1 is 1.19 bits per heavy atom. The predicted octanol–water partition coefficient (Wildman–Crippen LogP) is 4.40. The second-order valence-electron chi connectivity index (χ2n) is 4.89. The number of H-pyrrole nitrogens is 1. The molecule has 3 rings (SSSR count). The number of rotatable bonds is 4. The third-order valence-electron chi connectivity index (χ3n) is 3.41. The van der Waals surface area contributed by atoms with Crippen LogP contribution in [-0.4, -0.2) is 17.1 Å². The fourth-order valence-electron chi connectivity index (χ4n) is 2.23. The second kappa shape index (κ2) is 5.66. The summed E-state index contributed by atoms with van der Waals surface area (Å²) < 4.78 is 5.17. The lowest BCUT2D eigenvalue weighted by atomic mass is 10.1. The van der Waals surface area contributed by atoms with Crippen molar-refractivity contribution in [3.8, 4) is 5.75 Å². The van der Waals surface area contributed by atoms with Crippen molar-refractivity contribution >= 4 is 28.6 Å². The van der Waals surface area contributed by atoms with Crippen LogP contribution in [0.15, 0.2) is 42.5 Å². The molecule has 2 N–H and O–H groups in total. The summed E-state index contributed by atoms with van der Waals surface area (Å²) in [6.45, 7) is 2.09.